The molecule has 9 heteroatoms. The van der Waals surface area contributed by atoms with E-state index in [1.54, 1.807) is 13.0 Å². The minimum absolute atomic E-state index is 0.0820. The molecule has 20 heavy (non-hydrogen) atoms. The summed E-state index contributed by atoms with van der Waals surface area (Å²) in [6.07, 6.45) is -0.134. The van der Waals surface area contributed by atoms with Crippen LogP contribution in [-0.2, 0) is 0 Å². The van der Waals surface area contributed by atoms with Gasteiger partial charge in [0.25, 0.3) is 5.91 Å². The summed E-state index contributed by atoms with van der Waals surface area (Å²) < 4.78 is 4.51. The molecule has 0 atom stereocenters. The number of carbonyl (C=O) groups is 2. The van der Waals surface area contributed by atoms with Crippen molar-refractivity contribution in [2.75, 3.05) is 5.32 Å². The van der Waals surface area contributed by atoms with Crippen molar-refractivity contribution < 1.29 is 19.4 Å². The number of pyridine rings is 1. The molecule has 0 bridgehead atoms. The number of nitrogens with one attached hydrogen (secondary N) is 1. The fourth-order valence-corrected chi connectivity index (χ4v) is 2.19. The smallest absolute Gasteiger partial charge is 0.449 e. The van der Waals surface area contributed by atoms with E-state index in [9.17, 15) is 9.59 Å². The van der Waals surface area contributed by atoms with E-state index in [0.717, 1.165) is 11.3 Å². The van der Waals surface area contributed by atoms with E-state index in [4.69, 9.17) is 16.7 Å². The van der Waals surface area contributed by atoms with Gasteiger partial charge in [0.05, 0.1) is 10.0 Å². The Morgan fingerprint density at radius 2 is 2.20 bits per heavy atom. The Labute approximate surface area is 122 Å². The largest absolute Gasteiger partial charge is 0.512 e. The van der Waals surface area contributed by atoms with Gasteiger partial charge in [0, 0.05) is 6.20 Å². The van der Waals surface area contributed by atoms with E-state index in [1.165, 1.54) is 12.3 Å². The molecule has 0 unspecified atom stereocenters. The summed E-state index contributed by atoms with van der Waals surface area (Å²) in [5.41, 5.74) is -0.105. The predicted molar refractivity (Wildman–Crippen MR) is 72.7 cm³/mol. The average molecular weight is 314 g/mol. The third-order valence-corrected chi connectivity index (χ3v) is 3.14. The van der Waals surface area contributed by atoms with Crippen molar-refractivity contribution in [2.24, 2.45) is 0 Å². The number of thiazole rings is 1. The van der Waals surface area contributed by atoms with Crippen LogP contribution in [0, 0.1) is 6.92 Å². The van der Waals surface area contributed by atoms with Crippen LogP contribution in [0.15, 0.2) is 18.3 Å². The SMILES string of the molecule is Cc1nc(C(=O)Nc2ccc(Cl)cn2)c(OC(=O)O)s1. The normalized spacial score (nSPS) is 10.1. The van der Waals surface area contributed by atoms with Gasteiger partial charge in [-0.25, -0.2) is 14.8 Å². The number of carbonyl (C=O) groups excluding carboxylic acids is 1. The third kappa shape index (κ3) is 3.43. The van der Waals surface area contributed by atoms with Gasteiger partial charge in [0.2, 0.25) is 5.06 Å². The zero-order chi connectivity index (χ0) is 14.7. The zero-order valence-corrected chi connectivity index (χ0v) is 11.7. The van der Waals surface area contributed by atoms with Gasteiger partial charge in [-0.1, -0.05) is 22.9 Å². The van der Waals surface area contributed by atoms with Crippen molar-refractivity contribution in [2.45, 2.75) is 6.92 Å². The van der Waals surface area contributed by atoms with Gasteiger partial charge in [-0.3, -0.25) is 4.79 Å². The van der Waals surface area contributed by atoms with Crippen LogP contribution in [0.3, 0.4) is 0 Å². The summed E-state index contributed by atoms with van der Waals surface area (Å²) in [4.78, 5) is 30.4. The van der Waals surface area contributed by atoms with Crippen LogP contribution >= 0.6 is 22.9 Å². The molecule has 2 aromatic heterocycles. The molecular formula is C11H8ClN3O4S. The Morgan fingerprint density at radius 3 is 2.80 bits per heavy atom. The van der Waals surface area contributed by atoms with Crippen molar-refractivity contribution in [3.05, 3.63) is 34.1 Å². The standard InChI is InChI=1S/C11H8ClN3O4S/c1-5-14-8(10(20-5)19-11(17)18)9(16)15-7-3-2-6(12)4-13-7/h2-4H,1H3,(H,17,18)(H,13,15,16). The maximum atomic E-state index is 12.0. The second kappa shape index (κ2) is 5.85. The van der Waals surface area contributed by atoms with Gasteiger partial charge in [0.15, 0.2) is 5.69 Å². The quantitative estimate of drug-likeness (QED) is 0.845. The molecule has 0 aliphatic carbocycles. The molecule has 0 spiro atoms. The molecule has 0 aliphatic heterocycles. The molecule has 0 fully saturated rings. The highest BCUT2D eigenvalue weighted by molar-refractivity contribution is 7.13. The molecular weight excluding hydrogens is 306 g/mol. The number of ether oxygens (including phenoxy) is 1. The van der Waals surface area contributed by atoms with E-state index in [2.05, 4.69) is 20.0 Å². The lowest BCUT2D eigenvalue weighted by atomic mass is 10.4. The lowest BCUT2D eigenvalue weighted by Gasteiger charge is -2.03. The highest BCUT2D eigenvalue weighted by atomic mass is 35.5. The first kappa shape index (κ1) is 14.2. The number of anilines is 1. The van der Waals surface area contributed by atoms with Crippen molar-refractivity contribution in [3.8, 4) is 5.06 Å². The predicted octanol–water partition coefficient (Wildman–Crippen LogP) is 2.81. The first-order valence-electron chi connectivity index (χ1n) is 5.27. The van der Waals surface area contributed by atoms with Crippen LogP contribution in [0.4, 0.5) is 10.6 Å². The van der Waals surface area contributed by atoms with Crippen LogP contribution < -0.4 is 10.1 Å². The Bertz CT molecular complexity index is 656. The number of hydrogen-bond donors (Lipinski definition) is 2. The van der Waals surface area contributed by atoms with E-state index >= 15 is 0 Å². The fraction of sp³-hybridized carbons (Fsp3) is 0.0909. The van der Waals surface area contributed by atoms with Gasteiger partial charge in [-0.15, -0.1) is 0 Å². The summed E-state index contributed by atoms with van der Waals surface area (Å²) >= 11 is 6.65. The summed E-state index contributed by atoms with van der Waals surface area (Å²) in [7, 11) is 0. The molecule has 0 aliphatic rings. The molecule has 0 saturated heterocycles. The van der Waals surface area contributed by atoms with E-state index in [1.807, 2.05) is 0 Å². The topological polar surface area (TPSA) is 101 Å². The number of halogens is 1. The van der Waals surface area contributed by atoms with Crippen molar-refractivity contribution >= 4 is 40.8 Å². The van der Waals surface area contributed by atoms with Gasteiger partial charge < -0.3 is 15.2 Å². The summed E-state index contributed by atoms with van der Waals surface area (Å²) in [6, 6.07) is 3.07. The molecule has 2 N–H and O–H groups in total. The molecule has 1 amide bonds. The first-order chi connectivity index (χ1) is 9.45. The highest BCUT2D eigenvalue weighted by Crippen LogP contribution is 2.27. The zero-order valence-electron chi connectivity index (χ0n) is 10.1. The lowest BCUT2D eigenvalue weighted by Crippen LogP contribution is -2.15. The van der Waals surface area contributed by atoms with E-state index in [0.29, 0.717) is 10.0 Å². The van der Waals surface area contributed by atoms with Crippen molar-refractivity contribution in [1.29, 1.82) is 0 Å². The highest BCUT2D eigenvalue weighted by Gasteiger charge is 2.21. The van der Waals surface area contributed by atoms with Crippen LogP contribution in [0.25, 0.3) is 0 Å². The van der Waals surface area contributed by atoms with E-state index < -0.39 is 12.1 Å². The Hall–Kier alpha value is -2.19. The number of aromatic nitrogens is 2. The Morgan fingerprint density at radius 1 is 1.45 bits per heavy atom. The number of hydrogen-bond acceptors (Lipinski definition) is 6. The average Bonchev–Trinajstić information content (AvgIpc) is 2.72. The number of aryl methyl sites for hydroxylation is 1. The van der Waals surface area contributed by atoms with Crippen LogP contribution in [0.1, 0.15) is 15.5 Å². The van der Waals surface area contributed by atoms with Crippen LogP contribution in [0.5, 0.6) is 5.06 Å². The van der Waals surface area contributed by atoms with Crippen molar-refractivity contribution in [3.63, 3.8) is 0 Å². The molecule has 2 heterocycles. The van der Waals surface area contributed by atoms with Gasteiger partial charge in [0.1, 0.15) is 5.82 Å². The first-order valence-corrected chi connectivity index (χ1v) is 6.46. The summed E-state index contributed by atoms with van der Waals surface area (Å²) in [5.74, 6) is -0.341. The Balaban J connectivity index is 2.20. The second-order valence-electron chi connectivity index (χ2n) is 3.55. The minimum atomic E-state index is -1.51. The van der Waals surface area contributed by atoms with Crippen molar-refractivity contribution in [1.82, 2.24) is 9.97 Å². The van der Waals surface area contributed by atoms with Gasteiger partial charge in [-0.05, 0) is 19.1 Å². The van der Waals surface area contributed by atoms with Crippen LogP contribution in [0.2, 0.25) is 5.02 Å². The molecule has 104 valence electrons. The summed E-state index contributed by atoms with van der Waals surface area (Å²) in [5, 5.41) is 11.9. The summed E-state index contributed by atoms with van der Waals surface area (Å²) in [6.45, 7) is 1.64. The molecule has 0 aromatic carbocycles. The molecule has 2 aromatic rings. The lowest BCUT2D eigenvalue weighted by molar-refractivity contribution is 0.101. The fourth-order valence-electron chi connectivity index (χ4n) is 1.33. The number of amides is 1. The molecule has 7 nitrogen and oxygen atoms in total. The maximum absolute atomic E-state index is 12.0. The third-order valence-electron chi connectivity index (χ3n) is 2.07. The molecule has 2 rings (SSSR count). The number of rotatable bonds is 3. The van der Waals surface area contributed by atoms with Gasteiger partial charge >= 0.3 is 6.16 Å². The monoisotopic (exact) mass is 313 g/mol. The Kier molecular flexibility index (Phi) is 4.16. The maximum Gasteiger partial charge on any atom is 0.512 e. The number of nitrogens with zero attached hydrogens (tertiary/aromatic N) is 2. The molecule has 0 saturated carbocycles. The number of carboxylic acid groups (broad SMARTS) is 1. The molecule has 0 radical (unpaired) electrons. The minimum Gasteiger partial charge on any atom is -0.449 e. The van der Waals surface area contributed by atoms with Gasteiger partial charge in [-0.2, -0.15) is 0 Å². The van der Waals surface area contributed by atoms with Crippen LogP contribution in [-0.4, -0.2) is 27.1 Å². The second-order valence-corrected chi connectivity index (χ2v) is 5.15. The van der Waals surface area contributed by atoms with E-state index in [-0.39, 0.29) is 16.6 Å².